The van der Waals surface area contributed by atoms with Gasteiger partial charge in [-0.2, -0.15) is 0 Å². The van der Waals surface area contributed by atoms with Crippen LogP contribution in [0.4, 0.5) is 4.39 Å². The molecule has 0 bridgehead atoms. The largest absolute Gasteiger partial charge is 0.396 e. The molecule has 1 aliphatic rings. The molecule has 0 spiro atoms. The molecule has 2 N–H and O–H groups in total. The maximum atomic E-state index is 13.2. The molecular formula is C20H32FNO. The first-order valence-corrected chi connectivity index (χ1v) is 9.18. The van der Waals surface area contributed by atoms with E-state index in [0.717, 1.165) is 30.9 Å². The third-order valence-electron chi connectivity index (χ3n) is 5.03. The predicted octanol–water partition coefficient (Wildman–Crippen LogP) is 4.69. The average molecular weight is 321 g/mol. The monoisotopic (exact) mass is 321 g/mol. The third-order valence-corrected chi connectivity index (χ3v) is 5.03. The maximum absolute atomic E-state index is 13.2. The van der Waals surface area contributed by atoms with Gasteiger partial charge >= 0.3 is 0 Å². The second-order valence-electron chi connectivity index (χ2n) is 7.58. The van der Waals surface area contributed by atoms with Crippen molar-refractivity contribution in [1.29, 1.82) is 0 Å². The molecule has 3 heteroatoms. The van der Waals surface area contributed by atoms with E-state index in [9.17, 15) is 9.50 Å². The molecule has 0 heterocycles. The van der Waals surface area contributed by atoms with E-state index in [1.165, 1.54) is 37.8 Å². The molecule has 0 aliphatic heterocycles. The Hall–Kier alpha value is -0.930. The van der Waals surface area contributed by atoms with Crippen molar-refractivity contribution in [3.05, 3.63) is 35.6 Å². The third kappa shape index (κ3) is 6.23. The van der Waals surface area contributed by atoms with Gasteiger partial charge in [-0.05, 0) is 48.3 Å². The van der Waals surface area contributed by atoms with E-state index >= 15 is 0 Å². The minimum absolute atomic E-state index is 0.188. The van der Waals surface area contributed by atoms with Crippen LogP contribution in [0.25, 0.3) is 0 Å². The van der Waals surface area contributed by atoms with Gasteiger partial charge in [0.25, 0.3) is 0 Å². The summed E-state index contributed by atoms with van der Waals surface area (Å²) in [6.07, 6.45) is 7.49. The van der Waals surface area contributed by atoms with Crippen LogP contribution in [0, 0.1) is 23.6 Å². The summed E-state index contributed by atoms with van der Waals surface area (Å²) in [6.45, 7) is 5.50. The van der Waals surface area contributed by atoms with E-state index in [-0.39, 0.29) is 18.5 Å². The van der Waals surface area contributed by atoms with Crippen LogP contribution in [0.5, 0.6) is 0 Å². The van der Waals surface area contributed by atoms with Crippen LogP contribution in [0.15, 0.2) is 24.3 Å². The Morgan fingerprint density at radius 1 is 1.17 bits per heavy atom. The van der Waals surface area contributed by atoms with Crippen molar-refractivity contribution in [3.63, 3.8) is 0 Å². The summed E-state index contributed by atoms with van der Waals surface area (Å²) in [4.78, 5) is 0. The Bertz CT molecular complexity index is 439. The average Bonchev–Trinajstić information content (AvgIpc) is 3.03. The molecule has 2 unspecified atom stereocenters. The normalized spacial score (nSPS) is 18.5. The van der Waals surface area contributed by atoms with E-state index in [1.54, 1.807) is 0 Å². The van der Waals surface area contributed by atoms with Crippen LogP contribution in [-0.2, 0) is 0 Å². The second kappa shape index (κ2) is 9.39. The van der Waals surface area contributed by atoms with E-state index in [2.05, 4.69) is 19.2 Å². The van der Waals surface area contributed by atoms with Gasteiger partial charge < -0.3 is 10.4 Å². The van der Waals surface area contributed by atoms with Gasteiger partial charge in [0.2, 0.25) is 0 Å². The fraction of sp³-hybridized carbons (Fsp3) is 0.700. The van der Waals surface area contributed by atoms with Crippen molar-refractivity contribution >= 4 is 0 Å². The van der Waals surface area contributed by atoms with Gasteiger partial charge in [-0.15, -0.1) is 0 Å². The Kier molecular flexibility index (Phi) is 7.51. The highest BCUT2D eigenvalue weighted by atomic mass is 19.1. The molecule has 0 saturated heterocycles. The molecule has 0 amide bonds. The fourth-order valence-corrected chi connectivity index (χ4v) is 3.75. The van der Waals surface area contributed by atoms with Crippen LogP contribution < -0.4 is 5.32 Å². The summed E-state index contributed by atoms with van der Waals surface area (Å²) >= 11 is 0. The molecule has 23 heavy (non-hydrogen) atoms. The van der Waals surface area contributed by atoms with Crippen molar-refractivity contribution in [1.82, 2.24) is 5.32 Å². The van der Waals surface area contributed by atoms with E-state index in [0.29, 0.717) is 11.8 Å². The van der Waals surface area contributed by atoms with Crippen LogP contribution >= 0.6 is 0 Å². The molecule has 1 aromatic carbocycles. The molecule has 1 fully saturated rings. The van der Waals surface area contributed by atoms with Crippen molar-refractivity contribution < 1.29 is 9.50 Å². The molecule has 1 aromatic rings. The van der Waals surface area contributed by atoms with E-state index in [1.807, 2.05) is 12.1 Å². The van der Waals surface area contributed by atoms with Gasteiger partial charge in [-0.1, -0.05) is 51.7 Å². The maximum Gasteiger partial charge on any atom is 0.123 e. The molecule has 0 radical (unpaired) electrons. The lowest BCUT2D eigenvalue weighted by atomic mass is 9.92. The van der Waals surface area contributed by atoms with E-state index < -0.39 is 0 Å². The number of nitrogens with one attached hydrogen (secondary N) is 1. The summed E-state index contributed by atoms with van der Waals surface area (Å²) in [5.41, 5.74) is 1.14. The first-order chi connectivity index (χ1) is 11.1. The van der Waals surface area contributed by atoms with Gasteiger partial charge in [-0.25, -0.2) is 4.39 Å². The van der Waals surface area contributed by atoms with Gasteiger partial charge in [0.05, 0.1) is 0 Å². The zero-order valence-corrected chi connectivity index (χ0v) is 14.6. The highest BCUT2D eigenvalue weighted by Crippen LogP contribution is 2.30. The van der Waals surface area contributed by atoms with Crippen molar-refractivity contribution in [2.45, 2.75) is 58.4 Å². The first kappa shape index (κ1) is 18.4. The van der Waals surface area contributed by atoms with Crippen molar-refractivity contribution in [3.8, 4) is 0 Å². The van der Waals surface area contributed by atoms with Crippen LogP contribution in [0.3, 0.4) is 0 Å². The molecule has 2 nitrogen and oxygen atoms in total. The Labute approximate surface area is 140 Å². The Morgan fingerprint density at radius 2 is 1.83 bits per heavy atom. The molecule has 1 saturated carbocycles. The zero-order chi connectivity index (χ0) is 16.7. The predicted molar refractivity (Wildman–Crippen MR) is 93.7 cm³/mol. The van der Waals surface area contributed by atoms with Crippen LogP contribution in [0.1, 0.15) is 64.0 Å². The standard InChI is InChI=1S/C20H32FNO/c1-15(2)11-20(18-7-9-19(21)10-8-18)22-13-17(14-23)12-16-5-3-4-6-16/h7-10,15-17,20,22-23H,3-6,11-14H2,1-2H3. The van der Waals surface area contributed by atoms with Crippen molar-refractivity contribution in [2.24, 2.45) is 17.8 Å². The minimum atomic E-state index is -0.188. The van der Waals surface area contributed by atoms with Gasteiger partial charge in [0.1, 0.15) is 5.82 Å². The molecule has 0 aromatic heterocycles. The van der Waals surface area contributed by atoms with Crippen molar-refractivity contribution in [2.75, 3.05) is 13.2 Å². The minimum Gasteiger partial charge on any atom is -0.396 e. The second-order valence-corrected chi connectivity index (χ2v) is 7.58. The van der Waals surface area contributed by atoms with Gasteiger partial charge in [-0.3, -0.25) is 0 Å². The van der Waals surface area contributed by atoms with Crippen LogP contribution in [-0.4, -0.2) is 18.3 Å². The van der Waals surface area contributed by atoms with Crippen LogP contribution in [0.2, 0.25) is 0 Å². The number of halogens is 1. The Balaban J connectivity index is 1.91. The first-order valence-electron chi connectivity index (χ1n) is 9.18. The lowest BCUT2D eigenvalue weighted by Crippen LogP contribution is -2.31. The quantitative estimate of drug-likeness (QED) is 0.691. The van der Waals surface area contributed by atoms with E-state index in [4.69, 9.17) is 0 Å². The number of hydrogen-bond acceptors (Lipinski definition) is 2. The number of benzene rings is 1. The molecule has 2 atom stereocenters. The van der Waals surface area contributed by atoms with Gasteiger partial charge in [0.15, 0.2) is 0 Å². The lowest BCUT2D eigenvalue weighted by Gasteiger charge is -2.25. The highest BCUT2D eigenvalue weighted by Gasteiger charge is 2.21. The number of aliphatic hydroxyl groups excluding tert-OH is 1. The molecular weight excluding hydrogens is 289 g/mol. The summed E-state index contributed by atoms with van der Waals surface area (Å²) in [5.74, 6) is 1.50. The SMILES string of the molecule is CC(C)CC(NCC(CO)CC1CCCC1)c1ccc(F)cc1. The topological polar surface area (TPSA) is 32.3 Å². The number of hydrogen-bond donors (Lipinski definition) is 2. The highest BCUT2D eigenvalue weighted by molar-refractivity contribution is 5.20. The fourth-order valence-electron chi connectivity index (χ4n) is 3.75. The van der Waals surface area contributed by atoms with Gasteiger partial charge in [0, 0.05) is 19.2 Å². The smallest absolute Gasteiger partial charge is 0.123 e. The number of rotatable bonds is 9. The molecule has 2 rings (SSSR count). The summed E-state index contributed by atoms with van der Waals surface area (Å²) in [6, 6.07) is 7.05. The Morgan fingerprint density at radius 3 is 2.39 bits per heavy atom. The summed E-state index contributed by atoms with van der Waals surface area (Å²) in [5, 5.41) is 13.3. The lowest BCUT2D eigenvalue weighted by molar-refractivity contribution is 0.191. The number of aliphatic hydroxyl groups is 1. The molecule has 1 aliphatic carbocycles. The summed E-state index contributed by atoms with van der Waals surface area (Å²) in [7, 11) is 0. The summed E-state index contributed by atoms with van der Waals surface area (Å²) < 4.78 is 13.2. The zero-order valence-electron chi connectivity index (χ0n) is 14.6. The molecule has 130 valence electrons.